The fourth-order valence-electron chi connectivity index (χ4n) is 6.92. The van der Waals surface area contributed by atoms with E-state index in [1.165, 1.54) is 0 Å². The number of carbonyl (C=O) groups is 1. The number of carbonyl (C=O) groups excluding carboxylic acids is 1. The monoisotopic (exact) mass is 814 g/mol. The summed E-state index contributed by atoms with van der Waals surface area (Å²) in [5.41, 5.74) is 7.18. The van der Waals surface area contributed by atoms with Crippen LogP contribution in [0.15, 0.2) is 156 Å². The SMILES string of the molecule is Cc1ccc(S(=O)(=O)N[C@H](Cc2ccccc2)C(=O)NCc2ccccc2-c2ccc([C@H]3O[C@@H](CSc4ncccn4)[C@@H](C)[C@@H](c4ccc(CO)cc4)O3)cc2)cc1. The highest BCUT2D eigenvalue weighted by Crippen LogP contribution is 2.43. The number of aliphatic hydroxyl groups is 1. The molecule has 12 heteroatoms. The lowest BCUT2D eigenvalue weighted by molar-refractivity contribution is -0.268. The quantitative estimate of drug-likeness (QED) is 0.0702. The molecule has 2 heterocycles. The number of aromatic nitrogens is 2. The van der Waals surface area contributed by atoms with Crippen LogP contribution in [0, 0.1) is 12.8 Å². The van der Waals surface area contributed by atoms with Gasteiger partial charge in [-0.15, -0.1) is 0 Å². The Morgan fingerprint density at radius 1 is 0.793 bits per heavy atom. The Bertz CT molecular complexity index is 2370. The topological polar surface area (TPSA) is 140 Å². The zero-order valence-corrected chi connectivity index (χ0v) is 33.9. The number of rotatable bonds is 15. The summed E-state index contributed by atoms with van der Waals surface area (Å²) in [5, 5.41) is 13.3. The summed E-state index contributed by atoms with van der Waals surface area (Å²) in [6.45, 7) is 4.16. The highest BCUT2D eigenvalue weighted by Gasteiger charge is 2.38. The van der Waals surface area contributed by atoms with Crippen molar-refractivity contribution in [1.29, 1.82) is 0 Å². The molecule has 0 bridgehead atoms. The molecule has 1 saturated heterocycles. The summed E-state index contributed by atoms with van der Waals surface area (Å²) in [7, 11) is -3.98. The number of ether oxygens (including phenoxy) is 2. The zero-order valence-electron chi connectivity index (χ0n) is 32.3. The van der Waals surface area contributed by atoms with Gasteiger partial charge in [0.1, 0.15) is 6.04 Å². The number of benzene rings is 5. The average molecular weight is 815 g/mol. The largest absolute Gasteiger partial charge is 0.392 e. The van der Waals surface area contributed by atoms with Crippen LogP contribution < -0.4 is 10.0 Å². The number of nitrogens with one attached hydrogen (secondary N) is 2. The lowest BCUT2D eigenvalue weighted by Crippen LogP contribution is -2.47. The van der Waals surface area contributed by atoms with Crippen LogP contribution in [0.5, 0.6) is 0 Å². The maximum atomic E-state index is 13.8. The normalized spacial score (nSPS) is 18.7. The van der Waals surface area contributed by atoms with Crippen molar-refractivity contribution >= 4 is 27.7 Å². The molecule has 0 aliphatic carbocycles. The molecule has 0 radical (unpaired) electrons. The second kappa shape index (κ2) is 19.0. The fourth-order valence-corrected chi connectivity index (χ4v) is 9.08. The van der Waals surface area contributed by atoms with Gasteiger partial charge in [0.15, 0.2) is 11.4 Å². The van der Waals surface area contributed by atoms with Crippen LogP contribution in [0.2, 0.25) is 0 Å². The van der Waals surface area contributed by atoms with Crippen molar-refractivity contribution < 1.29 is 27.8 Å². The van der Waals surface area contributed by atoms with E-state index in [2.05, 4.69) is 26.9 Å². The average Bonchev–Trinajstić information content (AvgIpc) is 3.26. The van der Waals surface area contributed by atoms with Gasteiger partial charge in [0.2, 0.25) is 15.9 Å². The van der Waals surface area contributed by atoms with Crippen LogP contribution in [0.1, 0.15) is 52.7 Å². The van der Waals surface area contributed by atoms with E-state index in [1.54, 1.807) is 54.5 Å². The smallest absolute Gasteiger partial charge is 0.241 e. The molecule has 1 aromatic heterocycles. The van der Waals surface area contributed by atoms with Gasteiger partial charge >= 0.3 is 0 Å². The first kappa shape index (κ1) is 41.0. The summed E-state index contributed by atoms with van der Waals surface area (Å²) >= 11 is 1.54. The number of thioether (sulfide) groups is 1. The molecule has 6 aromatic rings. The highest BCUT2D eigenvalue weighted by molar-refractivity contribution is 7.99. The third-order valence-electron chi connectivity index (χ3n) is 10.2. The Balaban J connectivity index is 1.08. The van der Waals surface area contributed by atoms with Crippen LogP contribution in [0.25, 0.3) is 11.1 Å². The molecule has 1 amide bonds. The Kier molecular flexibility index (Phi) is 13.4. The van der Waals surface area contributed by atoms with E-state index >= 15 is 0 Å². The van der Waals surface area contributed by atoms with E-state index in [1.807, 2.05) is 110 Å². The predicted octanol–water partition coefficient (Wildman–Crippen LogP) is 7.73. The van der Waals surface area contributed by atoms with E-state index in [4.69, 9.17) is 9.47 Å². The van der Waals surface area contributed by atoms with E-state index in [-0.39, 0.29) is 42.6 Å². The lowest BCUT2D eigenvalue weighted by atomic mass is 9.91. The molecule has 1 aliphatic heterocycles. The molecule has 58 heavy (non-hydrogen) atoms. The minimum absolute atomic E-state index is 0.0130. The number of aliphatic hydroxyl groups excluding tert-OH is 1. The van der Waals surface area contributed by atoms with Gasteiger partial charge in [-0.1, -0.05) is 140 Å². The highest BCUT2D eigenvalue weighted by atomic mass is 32.2. The maximum absolute atomic E-state index is 13.8. The van der Waals surface area contributed by atoms with Gasteiger partial charge in [0.05, 0.1) is 23.7 Å². The number of hydrogen-bond acceptors (Lipinski definition) is 9. The second-order valence-electron chi connectivity index (χ2n) is 14.3. The first-order valence-corrected chi connectivity index (χ1v) is 21.6. The van der Waals surface area contributed by atoms with Crippen molar-refractivity contribution in [3.8, 4) is 11.1 Å². The Morgan fingerprint density at radius 3 is 2.17 bits per heavy atom. The molecule has 0 spiro atoms. The summed E-state index contributed by atoms with van der Waals surface area (Å²) in [6.07, 6.45) is 2.56. The second-order valence-corrected chi connectivity index (χ2v) is 17.0. The Labute approximate surface area is 344 Å². The molecule has 1 fully saturated rings. The summed E-state index contributed by atoms with van der Waals surface area (Å²) in [4.78, 5) is 22.6. The van der Waals surface area contributed by atoms with Crippen LogP contribution in [0.3, 0.4) is 0 Å². The maximum Gasteiger partial charge on any atom is 0.241 e. The van der Waals surface area contributed by atoms with Crippen molar-refractivity contribution in [3.63, 3.8) is 0 Å². The molecule has 5 aromatic carbocycles. The van der Waals surface area contributed by atoms with E-state index < -0.39 is 28.3 Å². The van der Waals surface area contributed by atoms with Gasteiger partial charge in [-0.05, 0) is 64.9 Å². The summed E-state index contributed by atoms with van der Waals surface area (Å²) in [5.74, 6) is 0.212. The molecular formula is C46H46N4O6S2. The molecule has 3 N–H and O–H groups in total. The van der Waals surface area contributed by atoms with Gasteiger partial charge in [0.25, 0.3) is 0 Å². The first-order valence-electron chi connectivity index (χ1n) is 19.2. The molecule has 0 unspecified atom stereocenters. The van der Waals surface area contributed by atoms with Crippen LogP contribution in [0.4, 0.5) is 0 Å². The standard InChI is InChI=1S/C46H46N4O6S2/c1-31-13-23-39(24-14-31)58(53,54)50-41(27-33-9-4-3-5-10-33)44(52)49-28-38-11-6-7-12-40(38)35-19-21-37(22-20-35)45-55-42(30-57-46-47-25-8-26-48-46)32(2)43(56-45)36-17-15-34(29-51)16-18-36/h3-26,32,41-43,45,50-51H,27-30H2,1-2H3,(H,49,52)/t32-,41-,42+,43+,45+/m1/s1. The molecule has 298 valence electrons. The van der Waals surface area contributed by atoms with Gasteiger partial charge in [-0.25, -0.2) is 18.4 Å². The van der Waals surface area contributed by atoms with Crippen molar-refractivity contribution in [2.24, 2.45) is 5.92 Å². The van der Waals surface area contributed by atoms with Gasteiger partial charge in [-0.2, -0.15) is 4.72 Å². The first-order chi connectivity index (χ1) is 28.2. The van der Waals surface area contributed by atoms with Gasteiger partial charge < -0.3 is 19.9 Å². The van der Waals surface area contributed by atoms with E-state index in [9.17, 15) is 18.3 Å². The lowest BCUT2D eigenvalue weighted by Gasteiger charge is -2.41. The molecule has 0 saturated carbocycles. The van der Waals surface area contributed by atoms with Gasteiger partial charge in [0, 0.05) is 36.2 Å². The number of hydrogen-bond donors (Lipinski definition) is 3. The third kappa shape index (κ3) is 10.3. The number of amides is 1. The Hall–Kier alpha value is -5.21. The number of aryl methyl sites for hydroxylation is 1. The molecule has 10 nitrogen and oxygen atoms in total. The third-order valence-corrected chi connectivity index (χ3v) is 12.7. The minimum atomic E-state index is -3.98. The van der Waals surface area contributed by atoms with Crippen molar-refractivity contribution in [1.82, 2.24) is 20.0 Å². The molecular weight excluding hydrogens is 769 g/mol. The van der Waals surface area contributed by atoms with Crippen LogP contribution >= 0.6 is 11.8 Å². The fraction of sp³-hybridized carbons (Fsp3) is 0.239. The summed E-state index contributed by atoms with van der Waals surface area (Å²) < 4.78 is 42.8. The summed E-state index contributed by atoms with van der Waals surface area (Å²) in [6, 6.07) is 40.3. The van der Waals surface area contributed by atoms with Crippen molar-refractivity contribution in [2.75, 3.05) is 5.75 Å². The minimum Gasteiger partial charge on any atom is -0.392 e. The van der Waals surface area contributed by atoms with Gasteiger partial charge in [-0.3, -0.25) is 4.79 Å². The van der Waals surface area contributed by atoms with E-state index in [0.29, 0.717) is 10.9 Å². The molecule has 5 atom stereocenters. The predicted molar refractivity (Wildman–Crippen MR) is 225 cm³/mol. The van der Waals surface area contributed by atoms with E-state index in [0.717, 1.165) is 44.5 Å². The molecule has 7 rings (SSSR count). The van der Waals surface area contributed by atoms with Crippen molar-refractivity contribution in [2.45, 2.75) is 68.0 Å². The number of sulfonamides is 1. The van der Waals surface area contributed by atoms with Crippen LogP contribution in [-0.4, -0.2) is 47.3 Å². The van der Waals surface area contributed by atoms with Crippen molar-refractivity contribution in [3.05, 3.63) is 179 Å². The Morgan fingerprint density at radius 2 is 1.47 bits per heavy atom. The number of nitrogens with zero attached hydrogens (tertiary/aromatic N) is 2. The van der Waals surface area contributed by atoms with Crippen LogP contribution in [-0.2, 0) is 43.9 Å². The molecule has 1 aliphatic rings. The zero-order chi connectivity index (χ0) is 40.5.